The molecule has 7 rings (SSSR count). The molecule has 0 aliphatic rings. The molecule has 9 heteroatoms. The third-order valence-corrected chi connectivity index (χ3v) is 19.5. The first-order chi connectivity index (χ1) is 29.2. The molecule has 322 valence electrons. The highest BCUT2D eigenvalue weighted by Gasteiger charge is 2.28. The summed E-state index contributed by atoms with van der Waals surface area (Å²) in [6.07, 6.45) is 17.8. The highest BCUT2D eigenvalue weighted by molar-refractivity contribution is 7.32. The highest BCUT2D eigenvalue weighted by Crippen LogP contribution is 2.55. The molecule has 2 nitrogen and oxygen atoms in total. The molecule has 0 amide bonds. The summed E-state index contributed by atoms with van der Waals surface area (Å²) in [5.41, 5.74) is 2.70. The number of hydrogen-bond donors (Lipinski definition) is 0. The Bertz CT molecular complexity index is 2390. The number of carbonyl (C=O) groups excluding carboxylic acids is 1. The smallest absolute Gasteiger partial charge is 0.175 e. The maximum absolute atomic E-state index is 16.3. The lowest BCUT2D eigenvalue weighted by Gasteiger charge is -2.13. The average molecular weight is 919 g/mol. The van der Waals surface area contributed by atoms with Crippen molar-refractivity contribution in [3.8, 4) is 30.6 Å². The lowest BCUT2D eigenvalue weighted by Crippen LogP contribution is -2.01. The molecule has 7 aromatic rings. The van der Waals surface area contributed by atoms with E-state index in [9.17, 15) is 4.79 Å². The molecule has 0 radical (unpaired) electrons. The van der Waals surface area contributed by atoms with Crippen LogP contribution in [0.4, 0.5) is 4.39 Å². The summed E-state index contributed by atoms with van der Waals surface area (Å²) in [6, 6.07) is 14.4. The van der Waals surface area contributed by atoms with Crippen molar-refractivity contribution in [2.45, 2.75) is 144 Å². The van der Waals surface area contributed by atoms with Crippen LogP contribution in [0.3, 0.4) is 0 Å². The van der Waals surface area contributed by atoms with Crippen LogP contribution in [0, 0.1) is 31.5 Å². The van der Waals surface area contributed by atoms with Crippen molar-refractivity contribution in [1.82, 2.24) is 0 Å². The van der Waals surface area contributed by atoms with E-state index >= 15 is 4.39 Å². The van der Waals surface area contributed by atoms with Crippen LogP contribution in [-0.4, -0.2) is 19.5 Å². The van der Waals surface area contributed by atoms with Gasteiger partial charge in [0.25, 0.3) is 0 Å². The Morgan fingerprint density at radius 1 is 0.650 bits per heavy atom. The van der Waals surface area contributed by atoms with Crippen LogP contribution in [0.15, 0.2) is 36.4 Å². The van der Waals surface area contributed by atoms with Crippen LogP contribution in [0.25, 0.3) is 60.9 Å². The van der Waals surface area contributed by atoms with Crippen molar-refractivity contribution in [3.05, 3.63) is 66.6 Å². The molecule has 0 N–H and O–H groups in total. The molecule has 2 atom stereocenters. The Balaban J connectivity index is 1.33. The molecule has 6 aromatic heterocycles. The summed E-state index contributed by atoms with van der Waals surface area (Å²) >= 11 is 10.8. The summed E-state index contributed by atoms with van der Waals surface area (Å²) in [5, 5.41) is 3.30. The first kappa shape index (κ1) is 45.8. The third-order valence-electron chi connectivity index (χ3n) is 12.4. The maximum atomic E-state index is 16.3. The minimum atomic E-state index is -0.315. The van der Waals surface area contributed by atoms with E-state index in [0.717, 1.165) is 77.8 Å². The molecule has 0 saturated heterocycles. The van der Waals surface area contributed by atoms with Gasteiger partial charge in [-0.1, -0.05) is 98.3 Å². The van der Waals surface area contributed by atoms with Crippen LogP contribution in [-0.2, 0) is 17.6 Å². The fourth-order valence-corrected chi connectivity index (χ4v) is 16.4. The number of Topliss-reactive ketones (excluding diaryl/α,β-unsaturated/α-hetero) is 1. The summed E-state index contributed by atoms with van der Waals surface area (Å²) in [4.78, 5) is 24.1. The van der Waals surface area contributed by atoms with Gasteiger partial charge in [-0.25, -0.2) is 4.39 Å². The Kier molecular flexibility index (Phi) is 16.3. The Morgan fingerprint density at radius 3 is 1.83 bits per heavy atom. The van der Waals surface area contributed by atoms with Crippen LogP contribution < -0.4 is 0 Å². The predicted molar refractivity (Wildman–Crippen MR) is 270 cm³/mol. The Labute approximate surface area is 382 Å². The number of halogens is 1. The topological polar surface area (TPSA) is 26.3 Å². The molecule has 0 saturated carbocycles. The Morgan fingerprint density at radius 2 is 1.23 bits per heavy atom. The fourth-order valence-electron chi connectivity index (χ4n) is 8.85. The second-order valence-corrected chi connectivity index (χ2v) is 23.7. The number of ether oxygens (including phenoxy) is 1. The number of methoxy groups -OCH3 is 1. The van der Waals surface area contributed by atoms with Crippen molar-refractivity contribution in [1.29, 1.82) is 0 Å². The third kappa shape index (κ3) is 10.1. The minimum absolute atomic E-state index is 0.0560. The molecule has 2 unspecified atom stereocenters. The van der Waals surface area contributed by atoms with Gasteiger partial charge in [-0.05, 0) is 87.8 Å². The number of unbranched alkanes of at least 4 members (excludes halogenated alkanes) is 6. The summed E-state index contributed by atoms with van der Waals surface area (Å²) < 4.78 is 25.1. The predicted octanol–water partition coefficient (Wildman–Crippen LogP) is 19.0. The number of aryl methyl sites for hydroxylation is 2. The van der Waals surface area contributed by atoms with Crippen LogP contribution in [0.1, 0.15) is 147 Å². The Hall–Kier alpha value is -2.24. The van der Waals surface area contributed by atoms with Crippen LogP contribution in [0.5, 0.6) is 0 Å². The van der Waals surface area contributed by atoms with E-state index in [2.05, 4.69) is 71.0 Å². The zero-order valence-corrected chi connectivity index (χ0v) is 41.7. The number of rotatable bonds is 24. The van der Waals surface area contributed by atoms with Crippen molar-refractivity contribution in [3.63, 3.8) is 0 Å². The molecule has 1 aromatic carbocycles. The maximum Gasteiger partial charge on any atom is 0.175 e. The van der Waals surface area contributed by atoms with E-state index < -0.39 is 0 Å². The van der Waals surface area contributed by atoms with Crippen LogP contribution in [0.2, 0.25) is 0 Å². The lowest BCUT2D eigenvalue weighted by molar-refractivity contribution is 0.0979. The van der Waals surface area contributed by atoms with E-state index in [1.54, 1.807) is 18.4 Å². The van der Waals surface area contributed by atoms with Gasteiger partial charge in [0.1, 0.15) is 4.88 Å². The molecule has 0 aliphatic carbocycles. The summed E-state index contributed by atoms with van der Waals surface area (Å²) in [7, 11) is 1.74. The first-order valence-electron chi connectivity index (χ1n) is 22.6. The van der Waals surface area contributed by atoms with Crippen molar-refractivity contribution >= 4 is 104 Å². The molecule has 6 heterocycles. The van der Waals surface area contributed by atoms with Gasteiger partial charge in [0.05, 0.1) is 9.58 Å². The number of benzene rings is 1. The summed E-state index contributed by atoms with van der Waals surface area (Å²) in [5.74, 6) is 1.07. The quantitative estimate of drug-likeness (QED) is 0.0446. The van der Waals surface area contributed by atoms with Gasteiger partial charge in [0.2, 0.25) is 0 Å². The number of thiophene rings is 6. The largest absolute Gasteiger partial charge is 0.385 e. The van der Waals surface area contributed by atoms with Gasteiger partial charge in [-0.15, -0.1) is 68.0 Å². The highest BCUT2D eigenvalue weighted by atomic mass is 32.1. The van der Waals surface area contributed by atoms with Crippen molar-refractivity contribution < 1.29 is 13.9 Å². The van der Waals surface area contributed by atoms with E-state index in [1.807, 2.05) is 52.3 Å². The first-order valence-corrected chi connectivity index (χ1v) is 27.5. The molecular weight excluding hydrogens is 856 g/mol. The van der Waals surface area contributed by atoms with Crippen molar-refractivity contribution in [2.24, 2.45) is 11.8 Å². The van der Waals surface area contributed by atoms with Gasteiger partial charge >= 0.3 is 0 Å². The molecule has 60 heavy (non-hydrogen) atoms. The van der Waals surface area contributed by atoms with E-state index in [1.165, 1.54) is 123 Å². The number of ketones is 1. The number of hydrogen-bond acceptors (Lipinski definition) is 8. The molecule has 0 aliphatic heterocycles. The average Bonchev–Trinajstić information content (AvgIpc) is 4.11. The molecule has 0 fully saturated rings. The fraction of sp³-hybridized carbons (Fsp3) is 0.510. The molecule has 0 bridgehead atoms. The lowest BCUT2D eigenvalue weighted by atomic mass is 9.95. The van der Waals surface area contributed by atoms with E-state index in [0.29, 0.717) is 16.7 Å². The van der Waals surface area contributed by atoms with E-state index in [4.69, 9.17) is 4.74 Å². The molecular formula is C51H63FO2S6. The van der Waals surface area contributed by atoms with Gasteiger partial charge in [0, 0.05) is 91.0 Å². The van der Waals surface area contributed by atoms with Crippen molar-refractivity contribution in [2.75, 3.05) is 13.7 Å². The zero-order chi connectivity index (χ0) is 42.3. The number of carbonyl (C=O) groups is 1. The SMILES string of the molecule is CCCCC(CC)Cc1ccc(-c2c3cc(-c4sc(C)c5c(F)c(C(=O)CCCCCCCOC)sc45)sc3c(-c3ccc(CC(CC)CCCC)s3)c3cc(C)sc23)s1. The molecule has 0 spiro atoms. The zero-order valence-electron chi connectivity index (χ0n) is 36.8. The standard InChI is InChI=1S/C51H63FO2S6/c1-8-12-19-33(10-3)28-35-22-24-40(57-35)44-37-27-31(5)55-47(37)45(41-25-23-36(58-41)29-34(11-4)20-13-9-2)38-30-42(59-48(38)44)50-51-43(32(6)56-50)46(52)49(60-51)39(53)21-17-15-14-16-18-26-54-7/h22-25,27,30,33-34H,8-21,26,28-29H2,1-7H3. The normalized spacial score (nSPS) is 13.1. The van der Waals surface area contributed by atoms with Gasteiger partial charge < -0.3 is 4.74 Å². The second kappa shape index (κ2) is 21.4. The monoisotopic (exact) mass is 918 g/mol. The second-order valence-electron chi connectivity index (χ2n) is 16.8. The van der Waals surface area contributed by atoms with Gasteiger partial charge in [-0.3, -0.25) is 4.79 Å². The number of fused-ring (bicyclic) bond motifs is 3. The van der Waals surface area contributed by atoms with E-state index in [-0.39, 0.29) is 11.6 Å². The van der Waals surface area contributed by atoms with Gasteiger partial charge in [-0.2, -0.15) is 0 Å². The minimum Gasteiger partial charge on any atom is -0.385 e. The van der Waals surface area contributed by atoms with Crippen LogP contribution >= 0.6 is 68.0 Å². The van der Waals surface area contributed by atoms with Gasteiger partial charge in [0.15, 0.2) is 11.6 Å². The summed E-state index contributed by atoms with van der Waals surface area (Å²) in [6.45, 7) is 14.4.